The molecule has 0 unspecified atom stereocenters. The molecule has 0 saturated carbocycles. The van der Waals surface area contributed by atoms with E-state index in [2.05, 4.69) is 35.5 Å². The van der Waals surface area contributed by atoms with Crippen molar-refractivity contribution in [1.82, 2.24) is 35.5 Å². The van der Waals surface area contributed by atoms with E-state index in [4.69, 9.17) is 28.5 Å². The predicted octanol–water partition coefficient (Wildman–Crippen LogP) is -0.372. The molecule has 0 atom stereocenters. The van der Waals surface area contributed by atoms with E-state index in [0.717, 1.165) is 31.5 Å². The number of nitrogen functional groups attached to an aromatic ring is 2. The van der Waals surface area contributed by atoms with Crippen molar-refractivity contribution in [3.05, 3.63) is 40.7 Å². The van der Waals surface area contributed by atoms with Gasteiger partial charge in [-0.3, -0.25) is 25.2 Å². The quantitative estimate of drug-likeness (QED) is 0.118. The molecule has 1 aliphatic rings. The molecule has 9 N–H and O–H groups in total. The molecule has 38 heavy (non-hydrogen) atoms. The number of anilines is 2. The largest absolute Gasteiger partial charge is 0.382 e. The molecule has 0 spiro atoms. The molecule has 3 rings (SSSR count). The maximum atomic E-state index is 12.4. The van der Waals surface area contributed by atoms with E-state index < -0.39 is 15.9 Å². The number of piperidine rings is 1. The first-order valence-electron chi connectivity index (χ1n) is 11.7. The molecule has 0 radical (unpaired) electrons. The Morgan fingerprint density at radius 2 is 1.76 bits per heavy atom. The molecule has 1 saturated heterocycles. The van der Waals surface area contributed by atoms with Crippen LogP contribution in [0.4, 0.5) is 11.6 Å². The topological polar surface area (TPSA) is 221 Å². The summed E-state index contributed by atoms with van der Waals surface area (Å²) in [6.07, 6.45) is 1.47. The molecule has 1 aromatic carbocycles. The van der Waals surface area contributed by atoms with E-state index in [1.165, 1.54) is 6.92 Å². The van der Waals surface area contributed by atoms with Crippen LogP contribution >= 0.6 is 11.6 Å². The Hall–Kier alpha value is -3.53. The first-order chi connectivity index (χ1) is 17.9. The second-order valence-electron chi connectivity index (χ2n) is 8.68. The number of nitrogens with two attached hydrogens (primary N) is 2. The summed E-state index contributed by atoms with van der Waals surface area (Å²) < 4.78 is 27.2. The SMILES string of the molecule is CC(=O)NCCNS(=O)(=O)c1ccc(CN2CCC(NC(=N)NC(=O)c3nc(Cl)c(N)nc3N)CC2)cc1. The first-order valence-corrected chi connectivity index (χ1v) is 13.6. The lowest BCUT2D eigenvalue weighted by Crippen LogP contribution is -2.49. The molecule has 2 amide bonds. The summed E-state index contributed by atoms with van der Waals surface area (Å²) in [7, 11) is -3.66. The zero-order valence-electron chi connectivity index (χ0n) is 20.8. The van der Waals surface area contributed by atoms with Crippen LogP contribution in [-0.4, -0.2) is 73.3 Å². The van der Waals surface area contributed by atoms with E-state index in [9.17, 15) is 18.0 Å². The Labute approximate surface area is 225 Å². The molecule has 1 aliphatic heterocycles. The number of aromatic nitrogens is 2. The molecule has 2 aromatic rings. The van der Waals surface area contributed by atoms with Gasteiger partial charge in [0.25, 0.3) is 5.91 Å². The number of halogens is 1. The normalized spacial score (nSPS) is 14.6. The second-order valence-corrected chi connectivity index (χ2v) is 10.8. The number of amides is 2. The van der Waals surface area contributed by atoms with Crippen molar-refractivity contribution in [3.8, 4) is 0 Å². The number of sulfonamides is 1. The van der Waals surface area contributed by atoms with Gasteiger partial charge in [-0.25, -0.2) is 23.1 Å². The van der Waals surface area contributed by atoms with E-state index in [-0.39, 0.29) is 58.4 Å². The van der Waals surface area contributed by atoms with E-state index >= 15 is 0 Å². The third-order valence-electron chi connectivity index (χ3n) is 5.73. The number of nitrogens with one attached hydrogen (secondary N) is 5. The number of carbonyl (C=O) groups is 2. The third-order valence-corrected chi connectivity index (χ3v) is 7.48. The maximum Gasteiger partial charge on any atom is 0.280 e. The minimum atomic E-state index is -3.66. The molecule has 0 aliphatic carbocycles. The first kappa shape index (κ1) is 29.0. The highest BCUT2D eigenvalue weighted by Crippen LogP contribution is 2.18. The zero-order valence-corrected chi connectivity index (χ0v) is 22.3. The second kappa shape index (κ2) is 12.8. The van der Waals surface area contributed by atoms with Crippen molar-refractivity contribution in [2.24, 2.45) is 0 Å². The van der Waals surface area contributed by atoms with Gasteiger partial charge >= 0.3 is 0 Å². The zero-order chi connectivity index (χ0) is 27.9. The summed E-state index contributed by atoms with van der Waals surface area (Å²) in [5.74, 6) is -1.41. The van der Waals surface area contributed by atoms with Crippen molar-refractivity contribution in [1.29, 1.82) is 5.41 Å². The van der Waals surface area contributed by atoms with Crippen molar-refractivity contribution in [2.45, 2.75) is 37.2 Å². The highest BCUT2D eigenvalue weighted by atomic mass is 35.5. The van der Waals surface area contributed by atoms with Gasteiger partial charge < -0.3 is 22.1 Å². The fourth-order valence-electron chi connectivity index (χ4n) is 3.80. The Bertz CT molecular complexity index is 1280. The maximum absolute atomic E-state index is 12.4. The van der Waals surface area contributed by atoms with Crippen molar-refractivity contribution in [3.63, 3.8) is 0 Å². The monoisotopic (exact) mass is 566 g/mol. The van der Waals surface area contributed by atoms with Crippen molar-refractivity contribution < 1.29 is 18.0 Å². The Balaban J connectivity index is 1.43. The fourth-order valence-corrected chi connectivity index (χ4v) is 4.96. The molecule has 0 bridgehead atoms. The van der Waals surface area contributed by atoms with Gasteiger partial charge in [-0.05, 0) is 30.5 Å². The average Bonchev–Trinajstić information content (AvgIpc) is 2.85. The molecular formula is C22H31ClN10O4S. The molecular weight excluding hydrogens is 536 g/mol. The molecule has 2 heterocycles. The molecule has 1 fully saturated rings. The molecule has 1 aromatic heterocycles. The summed E-state index contributed by atoms with van der Waals surface area (Å²) in [4.78, 5) is 33.2. The Kier molecular flexibility index (Phi) is 9.79. The summed E-state index contributed by atoms with van der Waals surface area (Å²) >= 11 is 5.80. The lowest BCUT2D eigenvalue weighted by Gasteiger charge is -2.32. The van der Waals surface area contributed by atoms with Gasteiger partial charge in [-0.1, -0.05) is 23.7 Å². The highest BCUT2D eigenvalue weighted by Gasteiger charge is 2.22. The van der Waals surface area contributed by atoms with Crippen LogP contribution in [0.2, 0.25) is 5.15 Å². The van der Waals surface area contributed by atoms with Crippen LogP contribution in [0.25, 0.3) is 0 Å². The van der Waals surface area contributed by atoms with Gasteiger partial charge in [0.15, 0.2) is 28.4 Å². The minimum Gasteiger partial charge on any atom is -0.382 e. The summed E-state index contributed by atoms with van der Waals surface area (Å²) in [5, 5.41) is 15.8. The smallest absolute Gasteiger partial charge is 0.280 e. The molecule has 14 nitrogen and oxygen atoms in total. The van der Waals surface area contributed by atoms with Gasteiger partial charge in [-0.2, -0.15) is 0 Å². The number of carbonyl (C=O) groups excluding carboxylic acids is 2. The number of rotatable bonds is 9. The summed E-state index contributed by atoms with van der Waals surface area (Å²) in [5.41, 5.74) is 11.9. The average molecular weight is 567 g/mol. The van der Waals surface area contributed by atoms with Gasteiger partial charge in [-0.15, -0.1) is 0 Å². The molecule has 16 heteroatoms. The summed E-state index contributed by atoms with van der Waals surface area (Å²) in [6.45, 7) is 3.82. The van der Waals surface area contributed by atoms with Crippen molar-refractivity contribution in [2.75, 3.05) is 37.6 Å². The van der Waals surface area contributed by atoms with E-state index in [1.807, 2.05) is 0 Å². The standard InChI is InChI=1S/C22H31ClN10O4S/c1-13(34)27-8-9-28-38(36,37)16-4-2-14(3-5-16)12-33-10-6-15(7-11-33)29-22(26)32-21(35)17-19(24)31-20(25)18(23)30-17/h2-5,15,28H,6-12H2,1H3,(H,27,34)(H4,24,25,31)(H3,26,29,32,35). The number of hydrogen-bond donors (Lipinski definition) is 7. The fraction of sp³-hybridized carbons (Fsp3) is 0.409. The Morgan fingerprint density at radius 3 is 2.39 bits per heavy atom. The Morgan fingerprint density at radius 1 is 1.11 bits per heavy atom. The van der Waals surface area contributed by atoms with Gasteiger partial charge in [0.1, 0.15) is 0 Å². The minimum absolute atomic E-state index is 0.0198. The lowest BCUT2D eigenvalue weighted by molar-refractivity contribution is -0.118. The van der Waals surface area contributed by atoms with Gasteiger partial charge in [0.05, 0.1) is 4.90 Å². The lowest BCUT2D eigenvalue weighted by atomic mass is 10.0. The number of likely N-dealkylation sites (tertiary alicyclic amines) is 1. The molecule has 206 valence electrons. The third kappa shape index (κ3) is 8.24. The van der Waals surface area contributed by atoms with Gasteiger partial charge in [0, 0.05) is 45.7 Å². The number of benzene rings is 1. The van der Waals surface area contributed by atoms with Crippen LogP contribution in [0.3, 0.4) is 0 Å². The summed E-state index contributed by atoms with van der Waals surface area (Å²) in [6, 6.07) is 6.64. The van der Waals surface area contributed by atoms with Crippen LogP contribution in [0.15, 0.2) is 29.2 Å². The van der Waals surface area contributed by atoms with Crippen LogP contribution in [0.1, 0.15) is 35.8 Å². The van der Waals surface area contributed by atoms with Crippen LogP contribution < -0.4 is 32.1 Å². The number of hydrogen-bond acceptors (Lipinski definition) is 10. The van der Waals surface area contributed by atoms with Crippen molar-refractivity contribution >= 4 is 51.0 Å². The van der Waals surface area contributed by atoms with Gasteiger partial charge in [0.2, 0.25) is 15.9 Å². The number of nitrogens with zero attached hydrogens (tertiary/aromatic N) is 3. The van der Waals surface area contributed by atoms with E-state index in [1.54, 1.807) is 24.3 Å². The van der Waals surface area contributed by atoms with E-state index in [0.29, 0.717) is 6.54 Å². The highest BCUT2D eigenvalue weighted by molar-refractivity contribution is 7.89. The number of guanidine groups is 1. The van der Waals surface area contributed by atoms with Crippen LogP contribution in [0.5, 0.6) is 0 Å². The predicted molar refractivity (Wildman–Crippen MR) is 143 cm³/mol. The van der Waals surface area contributed by atoms with Crippen LogP contribution in [-0.2, 0) is 21.4 Å². The van der Waals surface area contributed by atoms with Crippen LogP contribution in [0, 0.1) is 5.41 Å².